The Hall–Kier alpha value is -2.21. The van der Waals surface area contributed by atoms with Gasteiger partial charge in [0, 0.05) is 37.7 Å². The molecule has 2 aromatic rings. The number of hydrogen-bond donors (Lipinski definition) is 0. The SMILES string of the molecule is Cc1nc(-c2ccccc2)sc1C(=O)N1CCN(C(=O)C2CC2)CC1. The van der Waals surface area contributed by atoms with Gasteiger partial charge >= 0.3 is 0 Å². The molecule has 2 aliphatic rings. The minimum Gasteiger partial charge on any atom is -0.339 e. The second-order valence-electron chi connectivity index (χ2n) is 6.69. The fourth-order valence-corrected chi connectivity index (χ4v) is 4.20. The van der Waals surface area contributed by atoms with E-state index in [0.29, 0.717) is 31.1 Å². The van der Waals surface area contributed by atoms with Crippen LogP contribution in [0.15, 0.2) is 30.3 Å². The smallest absolute Gasteiger partial charge is 0.265 e. The molecule has 1 aliphatic carbocycles. The van der Waals surface area contributed by atoms with E-state index in [9.17, 15) is 9.59 Å². The number of rotatable bonds is 3. The predicted molar refractivity (Wildman–Crippen MR) is 97.5 cm³/mol. The van der Waals surface area contributed by atoms with Crippen LogP contribution in [0.3, 0.4) is 0 Å². The summed E-state index contributed by atoms with van der Waals surface area (Å²) in [7, 11) is 0. The van der Waals surface area contributed by atoms with Crippen LogP contribution in [0.5, 0.6) is 0 Å². The van der Waals surface area contributed by atoms with Crippen LogP contribution in [0.25, 0.3) is 10.6 Å². The van der Waals surface area contributed by atoms with Gasteiger partial charge in [0.25, 0.3) is 5.91 Å². The van der Waals surface area contributed by atoms with Gasteiger partial charge in [-0.05, 0) is 19.8 Å². The van der Waals surface area contributed by atoms with Crippen LogP contribution in [-0.4, -0.2) is 52.8 Å². The fourth-order valence-electron chi connectivity index (χ4n) is 3.16. The van der Waals surface area contributed by atoms with E-state index in [1.807, 2.05) is 47.1 Å². The Bertz CT molecular complexity index is 790. The summed E-state index contributed by atoms with van der Waals surface area (Å²) < 4.78 is 0. The Labute approximate surface area is 151 Å². The maximum atomic E-state index is 12.9. The first-order chi connectivity index (χ1) is 12.1. The summed E-state index contributed by atoms with van der Waals surface area (Å²) >= 11 is 1.45. The van der Waals surface area contributed by atoms with E-state index < -0.39 is 0 Å². The highest BCUT2D eigenvalue weighted by atomic mass is 32.1. The Morgan fingerprint density at radius 2 is 1.68 bits per heavy atom. The summed E-state index contributed by atoms with van der Waals surface area (Å²) in [6, 6.07) is 9.94. The summed E-state index contributed by atoms with van der Waals surface area (Å²) in [5.74, 6) is 0.558. The van der Waals surface area contributed by atoms with Crippen LogP contribution in [0.4, 0.5) is 0 Å². The van der Waals surface area contributed by atoms with Gasteiger partial charge in [0.1, 0.15) is 9.88 Å². The fraction of sp³-hybridized carbons (Fsp3) is 0.421. The van der Waals surface area contributed by atoms with Crippen molar-refractivity contribution in [2.45, 2.75) is 19.8 Å². The standard InChI is InChI=1S/C19H21N3O2S/c1-13-16(25-17(20-13)14-5-3-2-4-6-14)19(24)22-11-9-21(10-12-22)18(23)15-7-8-15/h2-6,15H,7-12H2,1H3. The summed E-state index contributed by atoms with van der Waals surface area (Å²) in [5.41, 5.74) is 1.82. The molecular weight excluding hydrogens is 334 g/mol. The molecule has 0 spiro atoms. The van der Waals surface area contributed by atoms with Crippen molar-refractivity contribution in [3.63, 3.8) is 0 Å². The van der Waals surface area contributed by atoms with Crippen molar-refractivity contribution >= 4 is 23.2 Å². The minimum absolute atomic E-state index is 0.0377. The normalized spacial score (nSPS) is 17.6. The molecule has 1 saturated carbocycles. The number of piperazine rings is 1. The van der Waals surface area contributed by atoms with Crippen LogP contribution in [0.2, 0.25) is 0 Å². The molecule has 0 radical (unpaired) electrons. The van der Waals surface area contributed by atoms with E-state index in [1.165, 1.54) is 11.3 Å². The molecular formula is C19H21N3O2S. The van der Waals surface area contributed by atoms with Gasteiger partial charge in [0.15, 0.2) is 0 Å². The summed E-state index contributed by atoms with van der Waals surface area (Å²) in [4.78, 5) is 34.1. The van der Waals surface area contributed by atoms with E-state index in [-0.39, 0.29) is 17.7 Å². The Morgan fingerprint density at radius 3 is 2.32 bits per heavy atom. The van der Waals surface area contributed by atoms with Gasteiger partial charge in [0.2, 0.25) is 5.91 Å². The van der Waals surface area contributed by atoms with Gasteiger partial charge in [0.05, 0.1) is 5.69 Å². The largest absolute Gasteiger partial charge is 0.339 e. The zero-order valence-electron chi connectivity index (χ0n) is 14.3. The molecule has 1 aromatic heterocycles. The highest BCUT2D eigenvalue weighted by molar-refractivity contribution is 7.17. The average molecular weight is 355 g/mol. The molecule has 6 heteroatoms. The molecule has 2 amide bonds. The maximum Gasteiger partial charge on any atom is 0.265 e. The van der Waals surface area contributed by atoms with Crippen LogP contribution in [0, 0.1) is 12.8 Å². The minimum atomic E-state index is 0.0377. The van der Waals surface area contributed by atoms with Crippen LogP contribution >= 0.6 is 11.3 Å². The van der Waals surface area contributed by atoms with Crippen LogP contribution < -0.4 is 0 Å². The van der Waals surface area contributed by atoms with Crippen molar-refractivity contribution in [1.29, 1.82) is 0 Å². The highest BCUT2D eigenvalue weighted by Gasteiger charge is 2.35. The topological polar surface area (TPSA) is 53.5 Å². The molecule has 0 bridgehead atoms. The van der Waals surface area contributed by atoms with E-state index in [1.54, 1.807) is 0 Å². The second-order valence-corrected chi connectivity index (χ2v) is 7.69. The molecule has 1 aromatic carbocycles. The number of amides is 2. The molecule has 0 atom stereocenters. The summed E-state index contributed by atoms with van der Waals surface area (Å²) in [6.07, 6.45) is 2.06. The van der Waals surface area contributed by atoms with Gasteiger partial charge in [-0.25, -0.2) is 4.98 Å². The first-order valence-corrected chi connectivity index (χ1v) is 9.56. The lowest BCUT2D eigenvalue weighted by molar-refractivity contribution is -0.134. The molecule has 5 nitrogen and oxygen atoms in total. The third-order valence-electron chi connectivity index (χ3n) is 4.82. The quantitative estimate of drug-likeness (QED) is 0.851. The zero-order chi connectivity index (χ0) is 17.4. The summed E-state index contributed by atoms with van der Waals surface area (Å²) in [5, 5.41) is 0.879. The molecule has 0 N–H and O–H groups in total. The number of nitrogens with zero attached hydrogens (tertiary/aromatic N) is 3. The van der Waals surface area contributed by atoms with Crippen molar-refractivity contribution < 1.29 is 9.59 Å². The number of aryl methyl sites for hydroxylation is 1. The lowest BCUT2D eigenvalue weighted by Crippen LogP contribution is -2.51. The average Bonchev–Trinajstić information content (AvgIpc) is 3.43. The number of aromatic nitrogens is 1. The first kappa shape index (κ1) is 16.3. The Kier molecular flexibility index (Phi) is 4.29. The highest BCUT2D eigenvalue weighted by Crippen LogP contribution is 2.32. The molecule has 25 heavy (non-hydrogen) atoms. The summed E-state index contributed by atoms with van der Waals surface area (Å²) in [6.45, 7) is 4.39. The monoisotopic (exact) mass is 355 g/mol. The number of thiazole rings is 1. The van der Waals surface area contributed by atoms with Crippen molar-refractivity contribution in [2.75, 3.05) is 26.2 Å². The predicted octanol–water partition coefficient (Wildman–Crippen LogP) is 2.81. The molecule has 130 valence electrons. The molecule has 1 saturated heterocycles. The van der Waals surface area contributed by atoms with Crippen molar-refractivity contribution in [1.82, 2.24) is 14.8 Å². The van der Waals surface area contributed by atoms with E-state index >= 15 is 0 Å². The number of benzene rings is 1. The second kappa shape index (κ2) is 6.59. The number of carbonyl (C=O) groups is 2. The lowest BCUT2D eigenvalue weighted by atomic mass is 10.2. The van der Waals surface area contributed by atoms with Crippen LogP contribution in [-0.2, 0) is 4.79 Å². The third-order valence-corrected chi connectivity index (χ3v) is 6.01. The maximum absolute atomic E-state index is 12.9. The van der Waals surface area contributed by atoms with Gasteiger partial charge < -0.3 is 9.80 Å². The van der Waals surface area contributed by atoms with E-state index in [4.69, 9.17) is 0 Å². The number of carbonyl (C=O) groups excluding carboxylic acids is 2. The zero-order valence-corrected chi connectivity index (χ0v) is 15.1. The third kappa shape index (κ3) is 3.31. The Balaban J connectivity index is 1.45. The van der Waals surface area contributed by atoms with Gasteiger partial charge in [-0.1, -0.05) is 30.3 Å². The van der Waals surface area contributed by atoms with E-state index in [0.717, 1.165) is 29.1 Å². The van der Waals surface area contributed by atoms with Crippen LogP contribution in [0.1, 0.15) is 28.2 Å². The van der Waals surface area contributed by atoms with Gasteiger partial charge in [-0.2, -0.15) is 0 Å². The number of hydrogen-bond acceptors (Lipinski definition) is 4. The van der Waals surface area contributed by atoms with Crippen molar-refractivity contribution in [3.05, 3.63) is 40.9 Å². The van der Waals surface area contributed by atoms with E-state index in [2.05, 4.69) is 4.98 Å². The first-order valence-electron chi connectivity index (χ1n) is 8.74. The molecule has 2 fully saturated rings. The molecule has 4 rings (SSSR count). The Morgan fingerprint density at radius 1 is 1.04 bits per heavy atom. The van der Waals surface area contributed by atoms with Crippen molar-refractivity contribution in [3.8, 4) is 10.6 Å². The van der Waals surface area contributed by atoms with Gasteiger partial charge in [-0.15, -0.1) is 11.3 Å². The molecule has 2 heterocycles. The van der Waals surface area contributed by atoms with Crippen molar-refractivity contribution in [2.24, 2.45) is 5.92 Å². The lowest BCUT2D eigenvalue weighted by Gasteiger charge is -2.34. The molecule has 0 unspecified atom stereocenters. The molecule has 1 aliphatic heterocycles. The van der Waals surface area contributed by atoms with Gasteiger partial charge in [-0.3, -0.25) is 9.59 Å².